The third-order valence-corrected chi connectivity index (χ3v) is 10.1. The van der Waals surface area contributed by atoms with Crippen molar-refractivity contribution in [1.82, 2.24) is 15.1 Å². The molecule has 0 aromatic heterocycles. The van der Waals surface area contributed by atoms with Crippen molar-refractivity contribution in [2.75, 3.05) is 33.8 Å². The number of nitrogens with zero attached hydrogens (tertiary/aromatic N) is 2. The van der Waals surface area contributed by atoms with Gasteiger partial charge in [0.25, 0.3) is 5.91 Å². The van der Waals surface area contributed by atoms with Gasteiger partial charge in [0.15, 0.2) is 0 Å². The first-order valence-electron chi connectivity index (χ1n) is 15.8. The molecule has 224 valence electrons. The molecule has 42 heavy (non-hydrogen) atoms. The number of benzene rings is 2. The highest BCUT2D eigenvalue weighted by molar-refractivity contribution is 5.99. The van der Waals surface area contributed by atoms with Crippen molar-refractivity contribution < 1.29 is 14.3 Å². The fourth-order valence-electron chi connectivity index (χ4n) is 7.53. The minimum Gasteiger partial charge on any atom is -0.466 e. The van der Waals surface area contributed by atoms with Gasteiger partial charge in [-0.15, -0.1) is 0 Å². The molecule has 2 heterocycles. The number of carbonyl (C=O) groups excluding carboxylic acids is 2. The van der Waals surface area contributed by atoms with Crippen LogP contribution in [-0.2, 0) is 19.7 Å². The zero-order valence-electron chi connectivity index (χ0n) is 25.6. The summed E-state index contributed by atoms with van der Waals surface area (Å²) in [5.41, 5.74) is 4.09. The standard InChI is InChI=1S/C36H47N3O3/c1-27(39-23-20-36(21-24-39,29-15-9-5-10-16-29)30-17-11-6-12-18-30)19-22-38(2)34(40)31-25-37-26-32(35(41)42-3)33(31)28-13-7-4-8-14-28/h5-6,9-12,15-18,25-28,33,37H,4,7-8,13-14,19-24H2,1-3H3. The topological polar surface area (TPSA) is 61.9 Å². The summed E-state index contributed by atoms with van der Waals surface area (Å²) in [6.45, 7) is 5.01. The number of piperidine rings is 1. The number of esters is 1. The Balaban J connectivity index is 1.22. The van der Waals surface area contributed by atoms with E-state index in [4.69, 9.17) is 4.74 Å². The summed E-state index contributed by atoms with van der Waals surface area (Å²) in [5.74, 6) is -0.264. The molecule has 2 aromatic rings. The molecule has 0 bridgehead atoms. The Labute approximate surface area is 251 Å². The van der Waals surface area contributed by atoms with Crippen LogP contribution in [0, 0.1) is 11.8 Å². The van der Waals surface area contributed by atoms with Crippen molar-refractivity contribution in [1.29, 1.82) is 0 Å². The maximum atomic E-state index is 13.8. The van der Waals surface area contributed by atoms with E-state index in [2.05, 4.69) is 77.8 Å². The number of carbonyl (C=O) groups is 2. The number of methoxy groups -OCH3 is 1. The second kappa shape index (κ2) is 13.7. The summed E-state index contributed by atoms with van der Waals surface area (Å²) in [4.78, 5) is 30.9. The lowest BCUT2D eigenvalue weighted by Gasteiger charge is -2.45. The third-order valence-electron chi connectivity index (χ3n) is 10.1. The van der Waals surface area contributed by atoms with Gasteiger partial charge in [-0.25, -0.2) is 4.79 Å². The van der Waals surface area contributed by atoms with Crippen LogP contribution in [0.1, 0.15) is 69.4 Å². The Hall–Kier alpha value is -3.38. The Kier molecular flexibility index (Phi) is 9.84. The summed E-state index contributed by atoms with van der Waals surface area (Å²) < 4.78 is 5.11. The maximum Gasteiger partial charge on any atom is 0.335 e. The second-order valence-electron chi connectivity index (χ2n) is 12.4. The highest BCUT2D eigenvalue weighted by atomic mass is 16.5. The summed E-state index contributed by atoms with van der Waals surface area (Å²) in [7, 11) is 3.31. The number of likely N-dealkylation sites (tertiary alicyclic amines) is 1. The molecule has 5 rings (SSSR count). The fraction of sp³-hybridized carbons (Fsp3) is 0.500. The smallest absolute Gasteiger partial charge is 0.335 e. The number of rotatable bonds is 9. The van der Waals surface area contributed by atoms with Gasteiger partial charge in [-0.1, -0.05) is 79.9 Å². The average Bonchev–Trinajstić information content (AvgIpc) is 3.07. The monoisotopic (exact) mass is 569 g/mol. The molecule has 2 fully saturated rings. The van der Waals surface area contributed by atoms with Gasteiger partial charge in [0, 0.05) is 48.9 Å². The molecule has 0 radical (unpaired) electrons. The molecule has 3 aliphatic rings. The fourth-order valence-corrected chi connectivity index (χ4v) is 7.53. The largest absolute Gasteiger partial charge is 0.466 e. The van der Waals surface area contributed by atoms with Crippen LogP contribution in [0.4, 0.5) is 0 Å². The van der Waals surface area contributed by atoms with E-state index in [0.29, 0.717) is 23.7 Å². The summed E-state index contributed by atoms with van der Waals surface area (Å²) >= 11 is 0. The first-order valence-corrected chi connectivity index (χ1v) is 15.8. The van der Waals surface area contributed by atoms with Gasteiger partial charge < -0.3 is 19.9 Å². The van der Waals surface area contributed by atoms with Crippen molar-refractivity contribution in [3.63, 3.8) is 0 Å². The molecular formula is C36H47N3O3. The van der Waals surface area contributed by atoms with Crippen molar-refractivity contribution in [3.8, 4) is 0 Å². The molecule has 1 aliphatic carbocycles. The molecule has 2 aliphatic heterocycles. The molecule has 6 heteroatoms. The van der Waals surface area contributed by atoms with E-state index in [1.807, 2.05) is 18.1 Å². The molecule has 1 amide bonds. The zero-order valence-corrected chi connectivity index (χ0v) is 25.6. The molecule has 0 spiro atoms. The number of hydrogen-bond acceptors (Lipinski definition) is 5. The third kappa shape index (κ3) is 6.34. The number of hydrogen-bond donors (Lipinski definition) is 1. The minimum absolute atomic E-state index is 0.00518. The molecule has 2 atom stereocenters. The Morgan fingerprint density at radius 1 is 0.929 bits per heavy atom. The molecule has 1 saturated carbocycles. The molecule has 1 N–H and O–H groups in total. The van der Waals surface area contributed by atoms with E-state index in [-0.39, 0.29) is 29.1 Å². The normalized spacial score (nSPS) is 21.8. The second-order valence-corrected chi connectivity index (χ2v) is 12.4. The van der Waals surface area contributed by atoms with Crippen molar-refractivity contribution >= 4 is 11.9 Å². The van der Waals surface area contributed by atoms with Crippen molar-refractivity contribution in [2.24, 2.45) is 11.8 Å². The van der Waals surface area contributed by atoms with Gasteiger partial charge in [0.1, 0.15) is 0 Å². The van der Waals surface area contributed by atoms with Crippen LogP contribution in [0.2, 0.25) is 0 Å². The first kappa shape index (κ1) is 30.1. The number of amides is 1. The highest BCUT2D eigenvalue weighted by Crippen LogP contribution is 2.43. The average molecular weight is 570 g/mol. The Bertz CT molecular complexity index is 1220. The van der Waals surface area contributed by atoms with Crippen molar-refractivity contribution in [2.45, 2.75) is 69.7 Å². The Morgan fingerprint density at radius 2 is 1.50 bits per heavy atom. The van der Waals surface area contributed by atoms with Gasteiger partial charge >= 0.3 is 5.97 Å². The lowest BCUT2D eigenvalue weighted by atomic mass is 9.68. The molecule has 6 nitrogen and oxygen atoms in total. The maximum absolute atomic E-state index is 13.8. The van der Waals surface area contributed by atoms with Crippen LogP contribution in [0.15, 0.2) is 84.2 Å². The van der Waals surface area contributed by atoms with Gasteiger partial charge in [0.2, 0.25) is 0 Å². The predicted octanol–water partition coefficient (Wildman–Crippen LogP) is 6.05. The number of likely N-dealkylation sites (N-methyl/N-ethyl adjacent to an activating group) is 1. The Morgan fingerprint density at radius 3 is 2.07 bits per heavy atom. The number of nitrogens with one attached hydrogen (secondary N) is 1. The van der Waals surface area contributed by atoms with Gasteiger partial charge in [-0.3, -0.25) is 4.79 Å². The van der Waals surface area contributed by atoms with Crippen molar-refractivity contribution in [3.05, 3.63) is 95.3 Å². The zero-order chi connectivity index (χ0) is 29.5. The number of dihydropyridines is 1. The van der Waals surface area contributed by atoms with E-state index >= 15 is 0 Å². The van der Waals surface area contributed by atoms with E-state index in [0.717, 1.165) is 58.0 Å². The number of ether oxygens (including phenoxy) is 1. The van der Waals surface area contributed by atoms with Gasteiger partial charge in [0.05, 0.1) is 12.7 Å². The van der Waals surface area contributed by atoms with E-state index in [1.54, 1.807) is 6.20 Å². The SMILES string of the molecule is COC(=O)C1=CNC=C(C(=O)N(C)CCC(C)N2CCC(c3ccccc3)(c3ccccc3)CC2)C1C1CCCCC1. The van der Waals surface area contributed by atoms with E-state index < -0.39 is 0 Å². The quantitative estimate of drug-likeness (QED) is 0.373. The predicted molar refractivity (Wildman–Crippen MR) is 168 cm³/mol. The molecule has 2 unspecified atom stereocenters. The summed E-state index contributed by atoms with van der Waals surface area (Å²) in [6, 6.07) is 22.3. The van der Waals surface area contributed by atoms with Crippen LogP contribution < -0.4 is 5.32 Å². The van der Waals surface area contributed by atoms with Crippen LogP contribution in [0.5, 0.6) is 0 Å². The first-order chi connectivity index (χ1) is 20.4. The molecule has 1 saturated heterocycles. The minimum atomic E-state index is -0.347. The highest BCUT2D eigenvalue weighted by Gasteiger charge is 2.40. The van der Waals surface area contributed by atoms with E-state index in [1.165, 1.54) is 24.7 Å². The molecule has 2 aromatic carbocycles. The van der Waals surface area contributed by atoms with Gasteiger partial charge in [-0.2, -0.15) is 0 Å². The van der Waals surface area contributed by atoms with Crippen LogP contribution in [-0.4, -0.2) is 61.5 Å². The van der Waals surface area contributed by atoms with E-state index in [9.17, 15) is 9.59 Å². The molecular weight excluding hydrogens is 522 g/mol. The lowest BCUT2D eigenvalue weighted by molar-refractivity contribution is -0.137. The van der Waals surface area contributed by atoms with Gasteiger partial charge in [-0.05, 0) is 69.2 Å². The summed E-state index contributed by atoms with van der Waals surface area (Å²) in [6.07, 6.45) is 12.2. The van der Waals surface area contributed by atoms with Crippen LogP contribution >= 0.6 is 0 Å². The van der Waals surface area contributed by atoms with Crippen LogP contribution in [0.25, 0.3) is 0 Å². The lowest BCUT2D eigenvalue weighted by Crippen LogP contribution is -2.47. The summed E-state index contributed by atoms with van der Waals surface area (Å²) in [5, 5.41) is 3.08. The van der Waals surface area contributed by atoms with Crippen LogP contribution in [0.3, 0.4) is 0 Å².